The van der Waals surface area contributed by atoms with Crippen LogP contribution in [0.5, 0.6) is 0 Å². The lowest BCUT2D eigenvalue weighted by atomic mass is 9.94. The topological polar surface area (TPSA) is 69.2 Å². The fourth-order valence-electron chi connectivity index (χ4n) is 1.33. The van der Waals surface area contributed by atoms with Crippen molar-refractivity contribution in [2.24, 2.45) is 5.73 Å². The van der Waals surface area contributed by atoms with E-state index in [1.54, 1.807) is 0 Å². The van der Waals surface area contributed by atoms with Crippen molar-refractivity contribution >= 4 is 17.3 Å². The van der Waals surface area contributed by atoms with Crippen LogP contribution in [0.25, 0.3) is 0 Å². The molecular formula is C10H11ClF2N2O2. The van der Waals surface area contributed by atoms with Crippen LogP contribution in [0.15, 0.2) is 18.2 Å². The molecule has 0 saturated carbocycles. The molecule has 1 atom stereocenters. The molecule has 1 aromatic carbocycles. The van der Waals surface area contributed by atoms with Gasteiger partial charge in [0.25, 0.3) is 12.1 Å². The summed E-state index contributed by atoms with van der Waals surface area (Å²) in [5.74, 6) is 0. The minimum Gasteiger partial charge on any atom is -0.320 e. The third-order valence-corrected chi connectivity index (χ3v) is 2.60. The zero-order valence-electron chi connectivity index (χ0n) is 8.99. The van der Waals surface area contributed by atoms with Crippen LogP contribution >= 0.6 is 11.6 Å². The smallest absolute Gasteiger partial charge is 0.287 e. The summed E-state index contributed by atoms with van der Waals surface area (Å²) < 4.78 is 25.1. The highest BCUT2D eigenvalue weighted by Gasteiger charge is 2.30. The fraction of sp³-hybridized carbons (Fsp3) is 0.400. The van der Waals surface area contributed by atoms with Crippen LogP contribution in [-0.4, -0.2) is 16.9 Å². The van der Waals surface area contributed by atoms with Crippen molar-refractivity contribution in [2.75, 3.05) is 0 Å². The third-order valence-electron chi connectivity index (χ3n) is 2.29. The molecule has 4 nitrogen and oxygen atoms in total. The molecule has 0 bridgehead atoms. The lowest BCUT2D eigenvalue weighted by Crippen LogP contribution is -2.45. The highest BCUT2D eigenvalue weighted by Crippen LogP contribution is 2.27. The van der Waals surface area contributed by atoms with Gasteiger partial charge in [0, 0.05) is 6.07 Å². The molecule has 0 aliphatic heterocycles. The van der Waals surface area contributed by atoms with E-state index in [0.717, 1.165) is 0 Å². The van der Waals surface area contributed by atoms with E-state index >= 15 is 0 Å². The van der Waals surface area contributed by atoms with Crippen LogP contribution in [-0.2, 0) is 6.42 Å². The Labute approximate surface area is 102 Å². The summed E-state index contributed by atoms with van der Waals surface area (Å²) in [5, 5.41) is 10.4. The van der Waals surface area contributed by atoms with Crippen molar-refractivity contribution in [2.45, 2.75) is 25.3 Å². The SMILES string of the molecule is CC(N)(Cc1ccc([N+](=O)[O-])c(Cl)c1)C(F)F. The molecule has 0 saturated heterocycles. The summed E-state index contributed by atoms with van der Waals surface area (Å²) in [7, 11) is 0. The molecule has 0 aromatic heterocycles. The van der Waals surface area contributed by atoms with E-state index in [1.165, 1.54) is 25.1 Å². The van der Waals surface area contributed by atoms with Crippen LogP contribution in [0.3, 0.4) is 0 Å². The van der Waals surface area contributed by atoms with Gasteiger partial charge >= 0.3 is 0 Å². The van der Waals surface area contributed by atoms with E-state index in [4.69, 9.17) is 17.3 Å². The summed E-state index contributed by atoms with van der Waals surface area (Å²) >= 11 is 5.66. The molecule has 0 amide bonds. The van der Waals surface area contributed by atoms with Crippen LogP contribution in [0.4, 0.5) is 14.5 Å². The fourth-order valence-corrected chi connectivity index (χ4v) is 1.60. The van der Waals surface area contributed by atoms with Crippen molar-refractivity contribution in [3.05, 3.63) is 38.9 Å². The molecule has 1 aromatic rings. The highest BCUT2D eigenvalue weighted by molar-refractivity contribution is 6.32. The van der Waals surface area contributed by atoms with E-state index in [2.05, 4.69) is 0 Å². The van der Waals surface area contributed by atoms with Gasteiger partial charge in [-0.25, -0.2) is 8.78 Å². The quantitative estimate of drug-likeness (QED) is 0.671. The van der Waals surface area contributed by atoms with E-state index in [1.807, 2.05) is 0 Å². The second-order valence-electron chi connectivity index (χ2n) is 4.03. The zero-order chi connectivity index (χ0) is 13.2. The summed E-state index contributed by atoms with van der Waals surface area (Å²) in [6.07, 6.45) is -2.79. The lowest BCUT2D eigenvalue weighted by Gasteiger charge is -2.23. The van der Waals surface area contributed by atoms with Gasteiger partial charge in [0.15, 0.2) is 0 Å². The normalized spacial score (nSPS) is 14.7. The molecule has 7 heteroatoms. The number of rotatable bonds is 4. The Morgan fingerprint density at radius 2 is 2.18 bits per heavy atom. The zero-order valence-corrected chi connectivity index (χ0v) is 9.75. The van der Waals surface area contributed by atoms with Crippen molar-refractivity contribution in [1.82, 2.24) is 0 Å². The minimum atomic E-state index is -2.68. The predicted molar refractivity (Wildman–Crippen MR) is 60.4 cm³/mol. The van der Waals surface area contributed by atoms with Gasteiger partial charge in [0.1, 0.15) is 5.02 Å². The first-order valence-corrected chi connectivity index (χ1v) is 5.11. The van der Waals surface area contributed by atoms with Crippen molar-refractivity contribution in [1.29, 1.82) is 0 Å². The minimum absolute atomic E-state index is 0.0856. The maximum atomic E-state index is 12.5. The number of nitrogens with two attached hydrogens (primary N) is 1. The highest BCUT2D eigenvalue weighted by atomic mass is 35.5. The Hall–Kier alpha value is -1.27. The molecule has 2 N–H and O–H groups in total. The largest absolute Gasteiger partial charge is 0.320 e. The average Bonchev–Trinajstić information content (AvgIpc) is 2.15. The Bertz CT molecular complexity index is 438. The van der Waals surface area contributed by atoms with Crippen molar-refractivity contribution in [3.63, 3.8) is 0 Å². The van der Waals surface area contributed by atoms with E-state index in [0.29, 0.717) is 5.56 Å². The Morgan fingerprint density at radius 1 is 1.59 bits per heavy atom. The molecule has 94 valence electrons. The second kappa shape index (κ2) is 4.93. The number of nitrogens with zero attached hydrogens (tertiary/aromatic N) is 1. The van der Waals surface area contributed by atoms with E-state index in [-0.39, 0.29) is 17.1 Å². The molecule has 0 fully saturated rings. The summed E-state index contributed by atoms with van der Waals surface area (Å²) in [6, 6.07) is 3.84. The van der Waals surface area contributed by atoms with Crippen molar-refractivity contribution in [3.8, 4) is 0 Å². The first kappa shape index (κ1) is 13.8. The van der Waals surface area contributed by atoms with Crippen LogP contribution in [0.1, 0.15) is 12.5 Å². The molecule has 0 radical (unpaired) electrons. The monoisotopic (exact) mass is 264 g/mol. The van der Waals surface area contributed by atoms with Gasteiger partial charge in [-0.15, -0.1) is 0 Å². The molecule has 0 heterocycles. The van der Waals surface area contributed by atoms with Crippen molar-refractivity contribution < 1.29 is 13.7 Å². The Balaban J connectivity index is 2.96. The van der Waals surface area contributed by atoms with Gasteiger partial charge in [0.2, 0.25) is 0 Å². The molecule has 0 spiro atoms. The number of nitro benzene ring substituents is 1. The predicted octanol–water partition coefficient (Wildman–Crippen LogP) is 2.77. The number of halogens is 3. The average molecular weight is 265 g/mol. The molecule has 0 aliphatic rings. The Kier molecular flexibility index (Phi) is 4.00. The van der Waals surface area contributed by atoms with Crippen LogP contribution in [0.2, 0.25) is 5.02 Å². The Morgan fingerprint density at radius 3 is 2.59 bits per heavy atom. The molecule has 1 unspecified atom stereocenters. The van der Waals surface area contributed by atoms with Gasteiger partial charge in [-0.2, -0.15) is 0 Å². The standard InChI is InChI=1S/C10H11ClF2N2O2/c1-10(14,9(12)13)5-6-2-3-8(15(16)17)7(11)4-6/h2-4,9H,5,14H2,1H3. The van der Waals surface area contributed by atoms with Gasteiger partial charge < -0.3 is 5.73 Å². The first-order valence-electron chi connectivity index (χ1n) is 4.74. The number of nitro groups is 1. The van der Waals surface area contributed by atoms with Gasteiger partial charge in [0.05, 0.1) is 10.5 Å². The summed E-state index contributed by atoms with van der Waals surface area (Å²) in [6.45, 7) is 1.22. The summed E-state index contributed by atoms with van der Waals surface area (Å²) in [5.41, 5.74) is 3.91. The van der Waals surface area contributed by atoms with Gasteiger partial charge in [-0.1, -0.05) is 17.7 Å². The van der Waals surface area contributed by atoms with E-state index < -0.39 is 16.9 Å². The molecule has 1 rings (SSSR count). The number of hydrogen-bond donors (Lipinski definition) is 1. The summed E-state index contributed by atoms with van der Waals surface area (Å²) in [4.78, 5) is 9.86. The second-order valence-corrected chi connectivity index (χ2v) is 4.43. The number of hydrogen-bond acceptors (Lipinski definition) is 3. The van der Waals surface area contributed by atoms with Gasteiger partial charge in [-0.05, 0) is 25.0 Å². The molecule has 17 heavy (non-hydrogen) atoms. The van der Waals surface area contributed by atoms with E-state index in [9.17, 15) is 18.9 Å². The lowest BCUT2D eigenvalue weighted by molar-refractivity contribution is -0.384. The first-order chi connectivity index (χ1) is 7.74. The number of alkyl halides is 2. The number of benzene rings is 1. The third kappa shape index (κ3) is 3.34. The van der Waals surface area contributed by atoms with Crippen LogP contribution < -0.4 is 5.73 Å². The molecule has 0 aliphatic carbocycles. The van der Waals surface area contributed by atoms with Crippen LogP contribution in [0, 0.1) is 10.1 Å². The molecular weight excluding hydrogens is 254 g/mol. The maximum absolute atomic E-state index is 12.5. The van der Waals surface area contributed by atoms with Gasteiger partial charge in [-0.3, -0.25) is 10.1 Å². The maximum Gasteiger partial charge on any atom is 0.287 e.